The number of amides is 1. The van der Waals surface area contributed by atoms with Crippen LogP contribution >= 0.6 is 0 Å². The van der Waals surface area contributed by atoms with E-state index < -0.39 is 29.9 Å². The van der Waals surface area contributed by atoms with Crippen molar-refractivity contribution in [3.05, 3.63) is 0 Å². The number of aliphatic hydroxyl groups is 1. The second-order valence-corrected chi connectivity index (χ2v) is 9.95. The van der Waals surface area contributed by atoms with E-state index in [0.29, 0.717) is 19.1 Å². The number of hydrogen-bond acceptors (Lipinski definition) is 9. The van der Waals surface area contributed by atoms with Gasteiger partial charge in [-0.15, -0.1) is 0 Å². The second-order valence-electron chi connectivity index (χ2n) is 9.95. The average molecular weight is 472 g/mol. The molecule has 10 nitrogen and oxygen atoms in total. The van der Waals surface area contributed by atoms with Crippen molar-refractivity contribution in [3.63, 3.8) is 0 Å². The Hall–Kier alpha value is -1.30. The molecule has 4 heterocycles. The van der Waals surface area contributed by atoms with Gasteiger partial charge >= 0.3 is 5.97 Å². The molecule has 2 N–H and O–H groups in total. The summed E-state index contributed by atoms with van der Waals surface area (Å²) < 4.78 is 23.3. The van der Waals surface area contributed by atoms with Crippen LogP contribution in [0.1, 0.15) is 59.3 Å². The van der Waals surface area contributed by atoms with Crippen molar-refractivity contribution >= 4 is 11.9 Å². The summed E-state index contributed by atoms with van der Waals surface area (Å²) >= 11 is 0. The quantitative estimate of drug-likeness (QED) is 0.294. The maximum absolute atomic E-state index is 12.5. The van der Waals surface area contributed by atoms with E-state index in [-0.39, 0.29) is 49.7 Å². The van der Waals surface area contributed by atoms with Gasteiger partial charge in [-0.2, -0.15) is 0 Å². The number of carbonyl (C=O) groups excluding carboxylic acids is 2. The first-order valence-electron chi connectivity index (χ1n) is 12.1. The van der Waals surface area contributed by atoms with Crippen LogP contribution in [-0.2, 0) is 38.3 Å². The van der Waals surface area contributed by atoms with Crippen LogP contribution in [-0.4, -0.2) is 67.3 Å². The van der Waals surface area contributed by atoms with Crippen molar-refractivity contribution in [2.24, 2.45) is 23.7 Å². The molecule has 10 heteroatoms. The molecule has 1 aliphatic carbocycles. The molecule has 0 aromatic rings. The standard InChI is InChI=1S/C23H37NO9/c1-14-4-5-17-15(2)20(29-19(27)7-6-18(26)24-10-12-28-13-11-25)30-21-23(17)16(14)8-9-22(3,31-21)32-33-23/h14-17,20-21,25H,4-13H2,1-3H3,(H,24,26)/t14-,15-,16-,17+,20-,21-,22-,23-/m1/s1. The third kappa shape index (κ3) is 4.92. The van der Waals surface area contributed by atoms with Crippen LogP contribution in [0.15, 0.2) is 0 Å². The molecule has 0 unspecified atom stereocenters. The lowest BCUT2D eigenvalue weighted by molar-refractivity contribution is -0.576. The summed E-state index contributed by atoms with van der Waals surface area (Å²) in [5.74, 6) is -0.965. The van der Waals surface area contributed by atoms with Crippen molar-refractivity contribution in [2.45, 2.75) is 83.3 Å². The fraction of sp³-hybridized carbons (Fsp3) is 0.913. The number of carbonyl (C=O) groups is 2. The van der Waals surface area contributed by atoms with Crippen molar-refractivity contribution in [3.8, 4) is 0 Å². The first-order chi connectivity index (χ1) is 15.8. The molecule has 5 fully saturated rings. The van der Waals surface area contributed by atoms with Crippen molar-refractivity contribution in [2.75, 3.05) is 26.4 Å². The number of aliphatic hydroxyl groups excluding tert-OH is 1. The van der Waals surface area contributed by atoms with E-state index >= 15 is 0 Å². The summed E-state index contributed by atoms with van der Waals surface area (Å²) in [6.45, 7) is 6.91. The smallest absolute Gasteiger partial charge is 0.308 e. The van der Waals surface area contributed by atoms with Gasteiger partial charge in [-0.1, -0.05) is 13.8 Å². The van der Waals surface area contributed by atoms with Crippen LogP contribution in [0, 0.1) is 23.7 Å². The van der Waals surface area contributed by atoms with Gasteiger partial charge < -0.3 is 29.4 Å². The number of nitrogens with one attached hydrogen (secondary N) is 1. The van der Waals surface area contributed by atoms with Gasteiger partial charge in [0.25, 0.3) is 0 Å². The van der Waals surface area contributed by atoms with Gasteiger partial charge in [0.2, 0.25) is 18.0 Å². The highest BCUT2D eigenvalue weighted by Gasteiger charge is 2.69. The first-order valence-corrected chi connectivity index (χ1v) is 12.1. The molecule has 188 valence electrons. The van der Waals surface area contributed by atoms with Crippen molar-refractivity contribution in [1.29, 1.82) is 0 Å². The van der Waals surface area contributed by atoms with E-state index in [1.807, 2.05) is 13.8 Å². The molecule has 2 bridgehead atoms. The predicted molar refractivity (Wildman–Crippen MR) is 113 cm³/mol. The monoisotopic (exact) mass is 471 g/mol. The largest absolute Gasteiger partial charge is 0.435 e. The van der Waals surface area contributed by atoms with E-state index in [4.69, 9.17) is 33.8 Å². The summed E-state index contributed by atoms with van der Waals surface area (Å²) in [7, 11) is 0. The number of rotatable bonds is 9. The Morgan fingerprint density at radius 2 is 1.91 bits per heavy atom. The molecular formula is C23H37NO9. The van der Waals surface area contributed by atoms with Gasteiger partial charge in [-0.3, -0.25) is 9.59 Å². The molecule has 8 atom stereocenters. The zero-order valence-corrected chi connectivity index (χ0v) is 19.7. The number of esters is 1. The summed E-state index contributed by atoms with van der Waals surface area (Å²) in [6.07, 6.45) is 2.16. The lowest BCUT2D eigenvalue weighted by Crippen LogP contribution is -2.70. The SMILES string of the molecule is C[C@H]1[C@H](OC(=O)CCC(=O)NCCOCCO)O[C@@H]2O[C@@]3(C)CC[C@@H]4[C@H](C)CC[C@@H]1[C@@]24OO3. The van der Waals surface area contributed by atoms with Crippen molar-refractivity contribution < 1.29 is 43.4 Å². The zero-order valence-electron chi connectivity index (χ0n) is 19.7. The Morgan fingerprint density at radius 3 is 2.70 bits per heavy atom. The minimum atomic E-state index is -0.883. The Bertz CT molecular complexity index is 720. The maximum atomic E-state index is 12.5. The van der Waals surface area contributed by atoms with Gasteiger partial charge in [0.1, 0.15) is 0 Å². The van der Waals surface area contributed by atoms with Crippen LogP contribution in [0.5, 0.6) is 0 Å². The summed E-state index contributed by atoms with van der Waals surface area (Å²) in [6, 6.07) is 0. The van der Waals surface area contributed by atoms with E-state index in [9.17, 15) is 9.59 Å². The molecule has 4 aliphatic heterocycles. The van der Waals surface area contributed by atoms with E-state index in [2.05, 4.69) is 12.2 Å². The van der Waals surface area contributed by atoms with Crippen LogP contribution in [0.4, 0.5) is 0 Å². The highest BCUT2D eigenvalue weighted by Crippen LogP contribution is 2.60. The molecule has 4 saturated heterocycles. The topological polar surface area (TPSA) is 122 Å². The minimum Gasteiger partial charge on any atom is -0.435 e. The van der Waals surface area contributed by atoms with Gasteiger partial charge in [0.05, 0.1) is 26.2 Å². The first kappa shape index (κ1) is 24.8. The lowest BCUT2D eigenvalue weighted by Gasteiger charge is -2.59. The molecule has 0 radical (unpaired) electrons. The Labute approximate surface area is 194 Å². The predicted octanol–water partition coefficient (Wildman–Crippen LogP) is 1.64. The fourth-order valence-electron chi connectivity index (χ4n) is 5.93. The normalized spacial score (nSPS) is 41.7. The number of fused-ring (bicyclic) bond motifs is 2. The van der Waals surface area contributed by atoms with Crippen LogP contribution in [0.3, 0.4) is 0 Å². The molecule has 0 aromatic carbocycles. The van der Waals surface area contributed by atoms with E-state index in [1.165, 1.54) is 0 Å². The van der Waals surface area contributed by atoms with Crippen molar-refractivity contribution in [1.82, 2.24) is 5.32 Å². The average Bonchev–Trinajstić information content (AvgIpc) is 3.01. The molecule has 0 aromatic heterocycles. The molecule has 1 amide bonds. The highest BCUT2D eigenvalue weighted by atomic mass is 17.3. The Morgan fingerprint density at radius 1 is 1.09 bits per heavy atom. The second kappa shape index (κ2) is 10.1. The fourth-order valence-corrected chi connectivity index (χ4v) is 5.93. The van der Waals surface area contributed by atoms with E-state index in [0.717, 1.165) is 25.7 Å². The highest BCUT2D eigenvalue weighted by molar-refractivity contribution is 5.81. The van der Waals surface area contributed by atoms with Gasteiger partial charge in [-0.05, 0) is 38.0 Å². The van der Waals surface area contributed by atoms with Gasteiger partial charge in [0.15, 0.2) is 11.9 Å². The van der Waals surface area contributed by atoms with Gasteiger partial charge in [0, 0.05) is 31.2 Å². The maximum Gasteiger partial charge on any atom is 0.308 e. The molecular weight excluding hydrogens is 434 g/mol. The minimum absolute atomic E-state index is 0.0157. The molecule has 1 spiro atoms. The lowest BCUT2D eigenvalue weighted by atomic mass is 9.58. The molecule has 1 saturated carbocycles. The summed E-state index contributed by atoms with van der Waals surface area (Å²) in [5.41, 5.74) is -0.700. The van der Waals surface area contributed by atoms with Crippen LogP contribution in [0.2, 0.25) is 0 Å². The molecule has 5 rings (SSSR count). The van der Waals surface area contributed by atoms with E-state index in [1.54, 1.807) is 0 Å². The number of hydrogen-bond donors (Lipinski definition) is 2. The molecule has 5 aliphatic rings. The number of ether oxygens (including phenoxy) is 4. The van der Waals surface area contributed by atoms with Crippen LogP contribution in [0.25, 0.3) is 0 Å². The Balaban J connectivity index is 1.34. The zero-order chi connectivity index (χ0) is 23.6. The molecule has 33 heavy (non-hydrogen) atoms. The third-order valence-corrected chi connectivity index (χ3v) is 7.71. The summed E-state index contributed by atoms with van der Waals surface area (Å²) in [4.78, 5) is 36.3. The van der Waals surface area contributed by atoms with Crippen LogP contribution < -0.4 is 5.32 Å². The Kier molecular flexibility index (Phi) is 7.62. The third-order valence-electron chi connectivity index (χ3n) is 7.71. The van der Waals surface area contributed by atoms with Gasteiger partial charge in [-0.25, -0.2) is 9.78 Å². The summed E-state index contributed by atoms with van der Waals surface area (Å²) in [5, 5.41) is 11.3.